The Balaban J connectivity index is 2.16. The van der Waals surface area contributed by atoms with Crippen LogP contribution in [0.2, 0.25) is 0 Å². The maximum atomic E-state index is 9.10. The van der Waals surface area contributed by atoms with Crippen LogP contribution < -0.4 is 0 Å². The van der Waals surface area contributed by atoms with Crippen LogP contribution in [0.5, 0.6) is 0 Å². The van der Waals surface area contributed by atoms with Crippen LogP contribution in [0.4, 0.5) is 0 Å². The van der Waals surface area contributed by atoms with E-state index in [0.717, 1.165) is 24.4 Å². The van der Waals surface area contributed by atoms with E-state index in [4.69, 9.17) is 10.00 Å². The second-order valence-electron chi connectivity index (χ2n) is 3.96. The van der Waals surface area contributed by atoms with E-state index in [1.54, 1.807) is 6.07 Å². The summed E-state index contributed by atoms with van der Waals surface area (Å²) in [6.45, 7) is 1.31. The first kappa shape index (κ1) is 10.1. The molecule has 0 bridgehead atoms. The maximum absolute atomic E-state index is 9.10. The summed E-state index contributed by atoms with van der Waals surface area (Å²) in [7, 11) is 0. The Hall–Kier alpha value is -2.12. The zero-order valence-corrected chi connectivity index (χ0v) is 9.26. The predicted molar refractivity (Wildman–Crippen MR) is 61.6 cm³/mol. The van der Waals surface area contributed by atoms with Gasteiger partial charge in [-0.05, 0) is 24.1 Å². The highest BCUT2D eigenvalue weighted by atomic mass is 16.5. The second-order valence-corrected chi connectivity index (χ2v) is 3.96. The van der Waals surface area contributed by atoms with Crippen LogP contribution in [0, 0.1) is 11.3 Å². The van der Waals surface area contributed by atoms with Gasteiger partial charge < -0.3 is 4.74 Å². The van der Waals surface area contributed by atoms with Gasteiger partial charge in [0.25, 0.3) is 0 Å². The third-order valence-corrected chi connectivity index (χ3v) is 2.96. The number of benzene rings is 1. The highest BCUT2D eigenvalue weighted by Crippen LogP contribution is 2.21. The lowest BCUT2D eigenvalue weighted by molar-refractivity contribution is 0.106. The lowest BCUT2D eigenvalue weighted by atomic mass is 10.1. The van der Waals surface area contributed by atoms with Crippen molar-refractivity contribution in [1.29, 1.82) is 5.26 Å². The fraction of sp³-hybridized carbons (Fsp3) is 0.231. The van der Waals surface area contributed by atoms with Gasteiger partial charge in [-0.25, -0.2) is 4.68 Å². The predicted octanol–water partition coefficient (Wildman–Crippen LogP) is 1.82. The van der Waals surface area contributed by atoms with E-state index >= 15 is 0 Å². The first-order valence-corrected chi connectivity index (χ1v) is 5.53. The monoisotopic (exact) mass is 225 g/mol. The van der Waals surface area contributed by atoms with Crippen molar-refractivity contribution in [1.82, 2.24) is 9.78 Å². The third kappa shape index (κ3) is 1.61. The van der Waals surface area contributed by atoms with Crippen molar-refractivity contribution < 1.29 is 4.74 Å². The molecule has 0 atom stereocenters. The molecule has 2 heterocycles. The summed E-state index contributed by atoms with van der Waals surface area (Å²) in [5, 5.41) is 13.5. The molecule has 4 nitrogen and oxygen atoms in total. The minimum absolute atomic E-state index is 0.565. The molecule has 3 rings (SSSR count). The van der Waals surface area contributed by atoms with E-state index in [1.807, 2.05) is 29.1 Å². The molecular formula is C13H11N3O. The van der Waals surface area contributed by atoms with Crippen LogP contribution in [-0.2, 0) is 17.8 Å². The maximum Gasteiger partial charge on any atom is 0.101 e. The zero-order chi connectivity index (χ0) is 11.7. The molecule has 1 aliphatic rings. The van der Waals surface area contributed by atoms with E-state index in [-0.39, 0.29) is 0 Å². The van der Waals surface area contributed by atoms with Gasteiger partial charge in [0.1, 0.15) is 6.07 Å². The minimum atomic E-state index is 0.565. The van der Waals surface area contributed by atoms with Crippen molar-refractivity contribution in [2.45, 2.75) is 13.0 Å². The molecule has 17 heavy (non-hydrogen) atoms. The van der Waals surface area contributed by atoms with Crippen molar-refractivity contribution in [2.24, 2.45) is 0 Å². The second kappa shape index (κ2) is 4.04. The number of nitrogens with zero attached hydrogens (tertiary/aromatic N) is 3. The summed E-state index contributed by atoms with van der Waals surface area (Å²) < 4.78 is 7.26. The third-order valence-electron chi connectivity index (χ3n) is 2.96. The summed E-state index contributed by atoms with van der Waals surface area (Å²) in [5.74, 6) is 0. The van der Waals surface area contributed by atoms with E-state index < -0.39 is 0 Å². The fourth-order valence-electron chi connectivity index (χ4n) is 2.08. The van der Waals surface area contributed by atoms with Crippen LogP contribution >= 0.6 is 0 Å². The average molecular weight is 225 g/mol. The number of hydrogen-bond acceptors (Lipinski definition) is 3. The van der Waals surface area contributed by atoms with Crippen LogP contribution in [0.1, 0.15) is 16.8 Å². The summed E-state index contributed by atoms with van der Waals surface area (Å²) in [6, 6.07) is 9.66. The molecule has 0 N–H and O–H groups in total. The van der Waals surface area contributed by atoms with Gasteiger partial charge in [-0.1, -0.05) is 12.1 Å². The Morgan fingerprint density at radius 2 is 2.24 bits per heavy atom. The quantitative estimate of drug-likeness (QED) is 0.743. The van der Waals surface area contributed by atoms with Crippen molar-refractivity contribution >= 4 is 0 Å². The zero-order valence-electron chi connectivity index (χ0n) is 9.26. The molecule has 0 fully saturated rings. The van der Waals surface area contributed by atoms with E-state index in [0.29, 0.717) is 12.2 Å². The molecule has 2 aromatic rings. The molecule has 4 heteroatoms. The summed E-state index contributed by atoms with van der Waals surface area (Å²) >= 11 is 0. The highest BCUT2D eigenvalue weighted by Gasteiger charge is 2.17. The van der Waals surface area contributed by atoms with E-state index in [1.165, 1.54) is 5.56 Å². The lowest BCUT2D eigenvalue weighted by Gasteiger charge is -2.15. The number of para-hydroxylation sites is 1. The summed E-state index contributed by atoms with van der Waals surface area (Å²) in [5.41, 5.74) is 3.72. The first-order chi connectivity index (χ1) is 8.40. The van der Waals surface area contributed by atoms with Crippen LogP contribution in [0.3, 0.4) is 0 Å². The molecule has 1 aromatic carbocycles. The van der Waals surface area contributed by atoms with Gasteiger partial charge in [0.2, 0.25) is 0 Å². The smallest absolute Gasteiger partial charge is 0.101 e. The molecule has 0 aliphatic carbocycles. The van der Waals surface area contributed by atoms with Gasteiger partial charge in [0.05, 0.1) is 36.4 Å². The summed E-state index contributed by atoms with van der Waals surface area (Å²) in [4.78, 5) is 0. The SMILES string of the molecule is N#Cc1ccccc1-n1ncc2c1COCC2. The average Bonchev–Trinajstić information content (AvgIpc) is 2.82. The van der Waals surface area contributed by atoms with Crippen LogP contribution in [0.15, 0.2) is 30.5 Å². The lowest BCUT2D eigenvalue weighted by Crippen LogP contribution is -2.13. The molecule has 84 valence electrons. The van der Waals surface area contributed by atoms with Gasteiger partial charge in [0.15, 0.2) is 0 Å². The summed E-state index contributed by atoms with van der Waals surface area (Å²) in [6.07, 6.45) is 2.76. The molecule has 0 radical (unpaired) electrons. The fourth-order valence-corrected chi connectivity index (χ4v) is 2.08. The van der Waals surface area contributed by atoms with Gasteiger partial charge >= 0.3 is 0 Å². The Kier molecular flexibility index (Phi) is 2.39. The van der Waals surface area contributed by atoms with Crippen molar-refractivity contribution in [3.63, 3.8) is 0 Å². The number of aromatic nitrogens is 2. The van der Waals surface area contributed by atoms with Crippen LogP contribution in [-0.4, -0.2) is 16.4 Å². The number of hydrogen-bond donors (Lipinski definition) is 0. The van der Waals surface area contributed by atoms with Gasteiger partial charge in [-0.2, -0.15) is 10.4 Å². The van der Waals surface area contributed by atoms with Crippen LogP contribution in [0.25, 0.3) is 5.69 Å². The van der Waals surface area contributed by atoms with E-state index in [9.17, 15) is 0 Å². The Bertz CT molecular complexity index is 595. The van der Waals surface area contributed by atoms with Gasteiger partial charge in [0, 0.05) is 0 Å². The number of rotatable bonds is 1. The molecule has 1 aliphatic heterocycles. The topological polar surface area (TPSA) is 50.8 Å². The van der Waals surface area contributed by atoms with Crippen molar-refractivity contribution in [3.05, 3.63) is 47.3 Å². The molecule has 0 saturated heterocycles. The molecule has 0 saturated carbocycles. The number of ether oxygens (including phenoxy) is 1. The largest absolute Gasteiger partial charge is 0.375 e. The van der Waals surface area contributed by atoms with Gasteiger partial charge in [-0.15, -0.1) is 0 Å². The first-order valence-electron chi connectivity index (χ1n) is 5.53. The standard InChI is InChI=1S/C13H11N3O/c14-7-10-3-1-2-4-12(10)16-13-9-17-6-5-11(13)8-15-16/h1-4,8H,5-6,9H2. The molecule has 1 aromatic heterocycles. The number of nitriles is 1. The van der Waals surface area contributed by atoms with E-state index in [2.05, 4.69) is 11.2 Å². The van der Waals surface area contributed by atoms with Crippen molar-refractivity contribution in [3.8, 4) is 11.8 Å². The minimum Gasteiger partial charge on any atom is -0.375 e. The highest BCUT2D eigenvalue weighted by molar-refractivity contribution is 5.49. The Labute approximate surface area is 99.1 Å². The Morgan fingerprint density at radius 1 is 1.35 bits per heavy atom. The molecular weight excluding hydrogens is 214 g/mol. The molecule has 0 amide bonds. The number of fused-ring (bicyclic) bond motifs is 1. The Morgan fingerprint density at radius 3 is 3.12 bits per heavy atom. The van der Waals surface area contributed by atoms with Crippen molar-refractivity contribution in [2.75, 3.05) is 6.61 Å². The molecule has 0 unspecified atom stereocenters. The molecule has 0 spiro atoms. The normalized spacial score (nSPS) is 14.1. The van der Waals surface area contributed by atoms with Gasteiger partial charge in [-0.3, -0.25) is 0 Å².